The molecule has 0 saturated carbocycles. The summed E-state index contributed by atoms with van der Waals surface area (Å²) >= 11 is 0. The highest BCUT2D eigenvalue weighted by Gasteiger charge is 2.29. The highest BCUT2D eigenvalue weighted by Crippen LogP contribution is 2.22. The monoisotopic (exact) mass is 263 g/mol. The molecule has 2 atom stereocenters. The lowest BCUT2D eigenvalue weighted by Gasteiger charge is -2.27. The fourth-order valence-corrected chi connectivity index (χ4v) is 3.46. The molecule has 2 N–H and O–H groups in total. The van der Waals surface area contributed by atoms with Crippen LogP contribution in [0.5, 0.6) is 0 Å². The molecule has 1 aromatic rings. The molecule has 1 aromatic heterocycles. The van der Waals surface area contributed by atoms with Gasteiger partial charge in [0, 0.05) is 44.0 Å². The summed E-state index contributed by atoms with van der Waals surface area (Å²) in [7, 11) is 1.94. The van der Waals surface area contributed by atoms with Crippen LogP contribution < -0.4 is 5.73 Å². The van der Waals surface area contributed by atoms with E-state index in [2.05, 4.69) is 14.9 Å². The zero-order valence-electron chi connectivity index (χ0n) is 11.8. The molecule has 0 aliphatic carbocycles. The maximum Gasteiger partial charge on any atom is 0.0537 e. The summed E-state index contributed by atoms with van der Waals surface area (Å²) in [6.07, 6.45) is 7.93. The smallest absolute Gasteiger partial charge is 0.0537 e. The van der Waals surface area contributed by atoms with Gasteiger partial charge in [-0.3, -0.25) is 14.5 Å². The van der Waals surface area contributed by atoms with Crippen molar-refractivity contribution < 1.29 is 0 Å². The molecule has 19 heavy (non-hydrogen) atoms. The Kier molecular flexibility index (Phi) is 3.86. The van der Waals surface area contributed by atoms with E-state index in [1.54, 1.807) is 0 Å². The Balaban J connectivity index is 1.59. The highest BCUT2D eigenvalue weighted by molar-refractivity contribution is 5.10. The second-order valence-electron chi connectivity index (χ2n) is 6.00. The molecule has 2 aliphatic heterocycles. The van der Waals surface area contributed by atoms with E-state index in [1.165, 1.54) is 45.4 Å². The summed E-state index contributed by atoms with van der Waals surface area (Å²) in [4.78, 5) is 5.21. The molecule has 0 spiro atoms. The van der Waals surface area contributed by atoms with E-state index in [0.717, 1.165) is 18.2 Å². The lowest BCUT2D eigenvalue weighted by atomic mass is 10.1. The number of nitrogens with two attached hydrogens (primary N) is 1. The standard InChI is InChI=1S/C14H25N5/c1-17-9-12(8-16-17)14(15)11-18-5-3-7-19-6-2-4-13(19)10-18/h8-9,13-14H,2-7,10-11,15H2,1H3. The minimum atomic E-state index is 0.0849. The molecule has 106 valence electrons. The lowest BCUT2D eigenvalue weighted by molar-refractivity contribution is 0.213. The van der Waals surface area contributed by atoms with Gasteiger partial charge in [0.2, 0.25) is 0 Å². The van der Waals surface area contributed by atoms with Crippen LogP contribution in [0.3, 0.4) is 0 Å². The average molecular weight is 263 g/mol. The van der Waals surface area contributed by atoms with Crippen molar-refractivity contribution >= 4 is 0 Å². The first-order chi connectivity index (χ1) is 9.22. The number of rotatable bonds is 3. The number of aromatic nitrogens is 2. The van der Waals surface area contributed by atoms with Gasteiger partial charge in [-0.2, -0.15) is 5.10 Å². The molecule has 2 fully saturated rings. The molecule has 5 nitrogen and oxygen atoms in total. The number of fused-ring (bicyclic) bond motifs is 1. The Hall–Kier alpha value is -0.910. The molecular weight excluding hydrogens is 238 g/mol. The maximum absolute atomic E-state index is 6.32. The Labute approximate surface area is 115 Å². The molecule has 0 radical (unpaired) electrons. The van der Waals surface area contributed by atoms with Crippen LogP contribution in [0.4, 0.5) is 0 Å². The van der Waals surface area contributed by atoms with Gasteiger partial charge in [0.1, 0.15) is 0 Å². The Bertz CT molecular complexity index is 416. The van der Waals surface area contributed by atoms with Gasteiger partial charge in [-0.15, -0.1) is 0 Å². The van der Waals surface area contributed by atoms with Crippen LogP contribution in [0.2, 0.25) is 0 Å². The lowest BCUT2D eigenvalue weighted by Crippen LogP contribution is -2.39. The van der Waals surface area contributed by atoms with E-state index in [0.29, 0.717) is 0 Å². The Morgan fingerprint density at radius 2 is 2.21 bits per heavy atom. The van der Waals surface area contributed by atoms with Gasteiger partial charge in [0.05, 0.1) is 6.20 Å². The first kappa shape index (κ1) is 13.1. The Morgan fingerprint density at radius 3 is 3.00 bits per heavy atom. The van der Waals surface area contributed by atoms with Crippen molar-refractivity contribution in [1.82, 2.24) is 19.6 Å². The van der Waals surface area contributed by atoms with Crippen molar-refractivity contribution in [1.29, 1.82) is 0 Å². The molecule has 0 aromatic carbocycles. The number of nitrogens with zero attached hydrogens (tertiary/aromatic N) is 4. The van der Waals surface area contributed by atoms with Crippen LogP contribution in [0, 0.1) is 0 Å². The van der Waals surface area contributed by atoms with Crippen LogP contribution in [-0.4, -0.2) is 58.3 Å². The molecule has 0 bridgehead atoms. The molecule has 2 unspecified atom stereocenters. The fraction of sp³-hybridized carbons (Fsp3) is 0.786. The predicted molar refractivity (Wildman–Crippen MR) is 75.8 cm³/mol. The van der Waals surface area contributed by atoms with Crippen LogP contribution in [0.15, 0.2) is 12.4 Å². The normalized spacial score (nSPS) is 27.2. The number of hydrogen-bond acceptors (Lipinski definition) is 4. The minimum Gasteiger partial charge on any atom is -0.323 e. The van der Waals surface area contributed by atoms with Crippen molar-refractivity contribution in [2.24, 2.45) is 12.8 Å². The van der Waals surface area contributed by atoms with E-state index in [1.807, 2.05) is 24.1 Å². The van der Waals surface area contributed by atoms with Crippen LogP contribution in [0.25, 0.3) is 0 Å². The third kappa shape index (κ3) is 2.99. The van der Waals surface area contributed by atoms with E-state index in [4.69, 9.17) is 5.73 Å². The van der Waals surface area contributed by atoms with Gasteiger partial charge in [0.25, 0.3) is 0 Å². The quantitative estimate of drug-likeness (QED) is 0.867. The topological polar surface area (TPSA) is 50.3 Å². The molecule has 0 amide bonds. The first-order valence-corrected chi connectivity index (χ1v) is 7.43. The summed E-state index contributed by atoms with van der Waals surface area (Å²) < 4.78 is 1.83. The van der Waals surface area contributed by atoms with Crippen molar-refractivity contribution in [3.05, 3.63) is 18.0 Å². The SMILES string of the molecule is Cn1cc(C(N)CN2CCCN3CCCC3C2)cn1. The van der Waals surface area contributed by atoms with Crippen molar-refractivity contribution in [3.8, 4) is 0 Å². The van der Waals surface area contributed by atoms with Crippen molar-refractivity contribution in [3.63, 3.8) is 0 Å². The molecular formula is C14H25N5. The summed E-state index contributed by atoms with van der Waals surface area (Å²) in [6, 6.07) is 0.852. The van der Waals surface area contributed by atoms with Gasteiger partial charge in [0.15, 0.2) is 0 Å². The maximum atomic E-state index is 6.32. The second kappa shape index (κ2) is 5.61. The van der Waals surface area contributed by atoms with Gasteiger partial charge in [-0.25, -0.2) is 0 Å². The fourth-order valence-electron chi connectivity index (χ4n) is 3.46. The third-order valence-corrected chi connectivity index (χ3v) is 4.50. The van der Waals surface area contributed by atoms with Gasteiger partial charge in [-0.1, -0.05) is 0 Å². The average Bonchev–Trinajstić information content (AvgIpc) is 2.95. The minimum absolute atomic E-state index is 0.0849. The van der Waals surface area contributed by atoms with Crippen molar-refractivity contribution in [2.75, 3.05) is 32.7 Å². The molecule has 3 rings (SSSR count). The summed E-state index contributed by atoms with van der Waals surface area (Å²) in [6.45, 7) is 5.89. The summed E-state index contributed by atoms with van der Waals surface area (Å²) in [5.74, 6) is 0. The Morgan fingerprint density at radius 1 is 1.37 bits per heavy atom. The summed E-state index contributed by atoms with van der Waals surface area (Å²) in [5, 5.41) is 4.21. The molecule has 5 heteroatoms. The largest absolute Gasteiger partial charge is 0.323 e. The molecule has 2 saturated heterocycles. The van der Waals surface area contributed by atoms with E-state index in [-0.39, 0.29) is 6.04 Å². The van der Waals surface area contributed by atoms with Crippen LogP contribution >= 0.6 is 0 Å². The summed E-state index contributed by atoms with van der Waals surface area (Å²) in [5.41, 5.74) is 7.47. The second-order valence-corrected chi connectivity index (χ2v) is 6.00. The van der Waals surface area contributed by atoms with Gasteiger partial charge in [-0.05, 0) is 38.9 Å². The van der Waals surface area contributed by atoms with E-state index in [9.17, 15) is 0 Å². The van der Waals surface area contributed by atoms with Gasteiger partial charge < -0.3 is 5.73 Å². The molecule has 2 aliphatic rings. The first-order valence-electron chi connectivity index (χ1n) is 7.43. The predicted octanol–water partition coefficient (Wildman–Crippen LogP) is 0.590. The van der Waals surface area contributed by atoms with Crippen LogP contribution in [-0.2, 0) is 7.05 Å². The third-order valence-electron chi connectivity index (χ3n) is 4.50. The number of aryl methyl sites for hydroxylation is 1. The van der Waals surface area contributed by atoms with Crippen LogP contribution in [0.1, 0.15) is 30.9 Å². The number of hydrogen-bond donors (Lipinski definition) is 1. The van der Waals surface area contributed by atoms with E-state index >= 15 is 0 Å². The highest BCUT2D eigenvalue weighted by atomic mass is 15.3. The van der Waals surface area contributed by atoms with E-state index < -0.39 is 0 Å². The zero-order valence-corrected chi connectivity index (χ0v) is 11.8. The zero-order chi connectivity index (χ0) is 13.2. The van der Waals surface area contributed by atoms with Gasteiger partial charge >= 0.3 is 0 Å². The molecule has 3 heterocycles. The van der Waals surface area contributed by atoms with Crippen molar-refractivity contribution in [2.45, 2.75) is 31.3 Å².